The lowest BCUT2D eigenvalue weighted by atomic mass is 10.2. The first-order valence-corrected chi connectivity index (χ1v) is 3.84. The maximum atomic E-state index is 12.9. The molecule has 74 valence electrons. The number of hydrogen-bond donors (Lipinski definition) is 0. The average molecular weight is 198 g/mol. The zero-order chi connectivity index (χ0) is 10.6. The number of rotatable bonds is 2. The predicted molar refractivity (Wildman–Crippen MR) is 47.5 cm³/mol. The highest BCUT2D eigenvalue weighted by Gasteiger charge is 2.07. The SMILES string of the molecule is COC(=O)/C(F)=C/c1ccc(F)cc1. The first-order valence-electron chi connectivity index (χ1n) is 3.84. The number of halogens is 2. The number of carbonyl (C=O) groups excluding carboxylic acids is 1. The molecule has 0 spiro atoms. The molecule has 1 aromatic rings. The van der Waals surface area contributed by atoms with Crippen molar-refractivity contribution < 1.29 is 18.3 Å². The van der Waals surface area contributed by atoms with Gasteiger partial charge in [-0.25, -0.2) is 9.18 Å². The molecular weight excluding hydrogens is 190 g/mol. The Bertz CT molecular complexity index is 355. The van der Waals surface area contributed by atoms with Gasteiger partial charge in [-0.3, -0.25) is 0 Å². The van der Waals surface area contributed by atoms with Gasteiger partial charge in [0.05, 0.1) is 7.11 Å². The molecule has 0 amide bonds. The molecule has 0 radical (unpaired) electrons. The van der Waals surface area contributed by atoms with Crippen molar-refractivity contribution in [3.63, 3.8) is 0 Å². The van der Waals surface area contributed by atoms with Crippen molar-refractivity contribution in [1.82, 2.24) is 0 Å². The van der Waals surface area contributed by atoms with Gasteiger partial charge in [0.15, 0.2) is 0 Å². The van der Waals surface area contributed by atoms with Crippen LogP contribution in [-0.2, 0) is 9.53 Å². The highest BCUT2D eigenvalue weighted by molar-refractivity contribution is 5.91. The molecule has 0 bridgehead atoms. The molecule has 2 nitrogen and oxygen atoms in total. The fraction of sp³-hybridized carbons (Fsp3) is 0.100. The first-order chi connectivity index (χ1) is 6.63. The summed E-state index contributed by atoms with van der Waals surface area (Å²) in [4.78, 5) is 10.6. The summed E-state index contributed by atoms with van der Waals surface area (Å²) in [6, 6.07) is 5.07. The number of methoxy groups -OCH3 is 1. The molecule has 1 aromatic carbocycles. The van der Waals surface area contributed by atoms with Crippen molar-refractivity contribution in [3.8, 4) is 0 Å². The Labute approximate surface area is 79.8 Å². The Morgan fingerprint density at radius 3 is 2.43 bits per heavy atom. The summed E-state index contributed by atoms with van der Waals surface area (Å²) in [6.45, 7) is 0. The summed E-state index contributed by atoms with van der Waals surface area (Å²) in [5.74, 6) is -2.48. The van der Waals surface area contributed by atoms with Crippen LogP contribution in [0.5, 0.6) is 0 Å². The van der Waals surface area contributed by atoms with Crippen LogP contribution in [0.1, 0.15) is 5.56 Å². The molecule has 0 saturated carbocycles. The Hall–Kier alpha value is -1.71. The first kappa shape index (κ1) is 10.4. The van der Waals surface area contributed by atoms with Crippen LogP contribution < -0.4 is 0 Å². The van der Waals surface area contributed by atoms with Crippen molar-refractivity contribution >= 4 is 12.0 Å². The standard InChI is InChI=1S/C10H8F2O2/c1-14-10(13)9(12)6-7-2-4-8(11)5-3-7/h2-6H,1H3/b9-6-. The second kappa shape index (κ2) is 4.50. The van der Waals surface area contributed by atoms with E-state index in [1.165, 1.54) is 24.3 Å². The van der Waals surface area contributed by atoms with Gasteiger partial charge in [0.25, 0.3) is 0 Å². The van der Waals surface area contributed by atoms with Crippen LogP contribution >= 0.6 is 0 Å². The van der Waals surface area contributed by atoms with Crippen LogP contribution in [0.4, 0.5) is 8.78 Å². The second-order valence-corrected chi connectivity index (χ2v) is 2.54. The van der Waals surface area contributed by atoms with Crippen molar-refractivity contribution in [3.05, 3.63) is 41.5 Å². The molecule has 1 rings (SSSR count). The summed E-state index contributed by atoms with van der Waals surface area (Å²) in [7, 11) is 1.08. The van der Waals surface area contributed by atoms with Crippen molar-refractivity contribution in [2.24, 2.45) is 0 Å². The third-order valence-corrected chi connectivity index (χ3v) is 1.54. The Morgan fingerprint density at radius 1 is 1.36 bits per heavy atom. The number of esters is 1. The number of ether oxygens (including phenoxy) is 1. The lowest BCUT2D eigenvalue weighted by molar-refractivity contribution is -0.137. The Morgan fingerprint density at radius 2 is 1.93 bits per heavy atom. The second-order valence-electron chi connectivity index (χ2n) is 2.54. The van der Waals surface area contributed by atoms with Gasteiger partial charge in [-0.1, -0.05) is 12.1 Å². The Kier molecular flexibility index (Phi) is 3.34. The van der Waals surface area contributed by atoms with Gasteiger partial charge in [-0.15, -0.1) is 0 Å². The summed E-state index contributed by atoms with van der Waals surface area (Å²) in [5.41, 5.74) is 0.398. The van der Waals surface area contributed by atoms with E-state index < -0.39 is 17.6 Å². The zero-order valence-corrected chi connectivity index (χ0v) is 7.46. The minimum atomic E-state index is -1.05. The number of carbonyl (C=O) groups is 1. The average Bonchev–Trinajstić information content (AvgIpc) is 2.20. The normalized spacial score (nSPS) is 11.2. The molecular formula is C10H8F2O2. The monoisotopic (exact) mass is 198 g/mol. The molecule has 0 aliphatic rings. The van der Waals surface area contributed by atoms with Crippen molar-refractivity contribution in [2.75, 3.05) is 7.11 Å². The Balaban J connectivity index is 2.86. The molecule has 4 heteroatoms. The molecule has 14 heavy (non-hydrogen) atoms. The van der Waals surface area contributed by atoms with E-state index in [0.717, 1.165) is 13.2 Å². The largest absolute Gasteiger partial charge is 0.464 e. The predicted octanol–water partition coefficient (Wildman–Crippen LogP) is 2.31. The van der Waals surface area contributed by atoms with E-state index in [2.05, 4.69) is 4.74 Å². The topological polar surface area (TPSA) is 26.3 Å². The van der Waals surface area contributed by atoms with E-state index in [0.29, 0.717) is 5.56 Å². The minimum Gasteiger partial charge on any atom is -0.464 e. The van der Waals surface area contributed by atoms with Crippen LogP contribution in [0.3, 0.4) is 0 Å². The molecule has 0 aliphatic heterocycles. The molecule has 0 saturated heterocycles. The molecule has 0 heterocycles. The van der Waals surface area contributed by atoms with Crippen LogP contribution in [-0.4, -0.2) is 13.1 Å². The molecule has 0 fully saturated rings. The van der Waals surface area contributed by atoms with Gasteiger partial charge in [0.2, 0.25) is 5.83 Å². The minimum absolute atomic E-state index is 0.398. The highest BCUT2D eigenvalue weighted by atomic mass is 19.1. The number of benzene rings is 1. The van der Waals surface area contributed by atoms with E-state index in [-0.39, 0.29) is 0 Å². The maximum absolute atomic E-state index is 12.9. The summed E-state index contributed by atoms with van der Waals surface area (Å²) in [5, 5.41) is 0. The quantitative estimate of drug-likeness (QED) is 0.538. The van der Waals surface area contributed by atoms with Crippen LogP contribution in [0.25, 0.3) is 6.08 Å². The van der Waals surface area contributed by atoms with Crippen molar-refractivity contribution in [1.29, 1.82) is 0 Å². The molecule has 0 aliphatic carbocycles. The van der Waals surface area contributed by atoms with Gasteiger partial charge >= 0.3 is 5.97 Å². The smallest absolute Gasteiger partial charge is 0.366 e. The fourth-order valence-electron chi connectivity index (χ4n) is 0.862. The van der Waals surface area contributed by atoms with Gasteiger partial charge in [0, 0.05) is 0 Å². The lowest BCUT2D eigenvalue weighted by Crippen LogP contribution is -1.99. The maximum Gasteiger partial charge on any atom is 0.366 e. The molecule has 0 N–H and O–H groups in total. The summed E-state index contributed by atoms with van der Waals surface area (Å²) >= 11 is 0. The van der Waals surface area contributed by atoms with E-state index in [9.17, 15) is 13.6 Å². The highest BCUT2D eigenvalue weighted by Crippen LogP contribution is 2.10. The summed E-state index contributed by atoms with van der Waals surface area (Å²) in [6.07, 6.45) is 0.977. The van der Waals surface area contributed by atoms with Gasteiger partial charge in [-0.2, -0.15) is 4.39 Å². The van der Waals surface area contributed by atoms with Crippen molar-refractivity contribution in [2.45, 2.75) is 0 Å². The van der Waals surface area contributed by atoms with Crippen LogP contribution in [0.2, 0.25) is 0 Å². The zero-order valence-electron chi connectivity index (χ0n) is 7.46. The number of hydrogen-bond acceptors (Lipinski definition) is 2. The third kappa shape index (κ3) is 2.65. The summed E-state index contributed by atoms with van der Waals surface area (Å²) < 4.78 is 29.5. The van der Waals surface area contributed by atoms with Crippen LogP contribution in [0.15, 0.2) is 30.1 Å². The third-order valence-electron chi connectivity index (χ3n) is 1.54. The lowest BCUT2D eigenvalue weighted by Gasteiger charge is -1.95. The van der Waals surface area contributed by atoms with Gasteiger partial charge in [0.1, 0.15) is 5.82 Å². The van der Waals surface area contributed by atoms with E-state index >= 15 is 0 Å². The van der Waals surface area contributed by atoms with E-state index in [1.807, 2.05) is 0 Å². The van der Waals surface area contributed by atoms with Gasteiger partial charge in [-0.05, 0) is 23.8 Å². The van der Waals surface area contributed by atoms with Crippen LogP contribution in [0, 0.1) is 5.82 Å². The fourth-order valence-corrected chi connectivity index (χ4v) is 0.862. The molecule has 0 aromatic heterocycles. The van der Waals surface area contributed by atoms with E-state index in [4.69, 9.17) is 0 Å². The molecule has 0 atom stereocenters. The molecule has 0 unspecified atom stereocenters. The van der Waals surface area contributed by atoms with Gasteiger partial charge < -0.3 is 4.74 Å². The van der Waals surface area contributed by atoms with E-state index in [1.54, 1.807) is 0 Å².